The highest BCUT2D eigenvalue weighted by molar-refractivity contribution is 7.09. The van der Waals surface area contributed by atoms with E-state index in [1.165, 1.54) is 0 Å². The molecule has 2 aliphatic heterocycles. The third-order valence-corrected chi connectivity index (χ3v) is 4.92. The monoisotopic (exact) mass is 289 g/mol. The summed E-state index contributed by atoms with van der Waals surface area (Å²) in [5.41, 5.74) is 0.817. The highest BCUT2D eigenvalue weighted by Crippen LogP contribution is 2.40. The van der Waals surface area contributed by atoms with Gasteiger partial charge in [0.15, 0.2) is 11.6 Å². The van der Waals surface area contributed by atoms with Crippen LogP contribution in [0, 0.1) is 6.92 Å². The zero-order valence-corrected chi connectivity index (χ0v) is 12.2. The molecule has 2 aliphatic rings. The van der Waals surface area contributed by atoms with Gasteiger partial charge in [-0.1, -0.05) is 0 Å². The molecule has 0 bridgehead atoms. The van der Waals surface area contributed by atoms with Gasteiger partial charge in [0, 0.05) is 11.9 Å². The van der Waals surface area contributed by atoms with Crippen LogP contribution in [0.25, 0.3) is 11.5 Å². The summed E-state index contributed by atoms with van der Waals surface area (Å²) in [5.74, 6) is 1.81. The van der Waals surface area contributed by atoms with Crippen molar-refractivity contribution in [3.63, 3.8) is 0 Å². The zero-order chi connectivity index (χ0) is 13.9. The number of fused-ring (bicyclic) bond motifs is 3. The van der Waals surface area contributed by atoms with Crippen LogP contribution in [0.2, 0.25) is 0 Å². The highest BCUT2D eigenvalue weighted by Gasteiger charge is 2.42. The van der Waals surface area contributed by atoms with Crippen LogP contribution in [0.3, 0.4) is 0 Å². The summed E-state index contributed by atoms with van der Waals surface area (Å²) in [5, 5.41) is 11.6. The summed E-state index contributed by atoms with van der Waals surface area (Å²) >= 11 is 1.59. The van der Waals surface area contributed by atoms with Crippen LogP contribution in [0.1, 0.15) is 42.7 Å². The lowest BCUT2D eigenvalue weighted by molar-refractivity contribution is -0.137. The maximum atomic E-state index is 12.5. The summed E-state index contributed by atoms with van der Waals surface area (Å²) in [6, 6.07) is -0.147. The summed E-state index contributed by atoms with van der Waals surface area (Å²) in [6.07, 6.45) is 2.02. The van der Waals surface area contributed by atoms with Gasteiger partial charge in [0.1, 0.15) is 11.7 Å². The largest absolute Gasteiger partial charge is 0.331 e. The van der Waals surface area contributed by atoms with Gasteiger partial charge in [-0.05, 0) is 26.7 Å². The lowest BCUT2D eigenvalue weighted by atomic mass is 10.1. The van der Waals surface area contributed by atoms with Crippen molar-refractivity contribution in [3.05, 3.63) is 16.2 Å². The molecule has 2 aromatic rings. The first kappa shape index (κ1) is 12.0. The van der Waals surface area contributed by atoms with Gasteiger partial charge in [0.05, 0.1) is 11.0 Å². The SMILES string of the molecule is Cc1nc(-c2nnc3n2[C@@H](C)C(=O)N2CCC[C@@H]32)cs1. The van der Waals surface area contributed by atoms with Crippen molar-refractivity contribution >= 4 is 17.2 Å². The van der Waals surface area contributed by atoms with Gasteiger partial charge in [0.25, 0.3) is 0 Å². The van der Waals surface area contributed by atoms with Crippen molar-refractivity contribution in [1.29, 1.82) is 0 Å². The molecule has 0 spiro atoms. The Morgan fingerprint density at radius 1 is 1.40 bits per heavy atom. The lowest BCUT2D eigenvalue weighted by Gasteiger charge is -2.34. The van der Waals surface area contributed by atoms with Gasteiger partial charge in [-0.25, -0.2) is 4.98 Å². The Bertz CT molecular complexity index is 691. The minimum Gasteiger partial charge on any atom is -0.331 e. The minimum atomic E-state index is -0.244. The molecule has 2 aromatic heterocycles. The van der Waals surface area contributed by atoms with Gasteiger partial charge in [-0.2, -0.15) is 0 Å². The second-order valence-corrected chi connectivity index (χ2v) is 6.43. The lowest BCUT2D eigenvalue weighted by Crippen LogP contribution is -2.42. The number of carbonyl (C=O) groups excluding carboxylic acids is 1. The van der Waals surface area contributed by atoms with E-state index in [9.17, 15) is 4.79 Å². The normalized spacial score (nSPS) is 24.9. The fraction of sp³-hybridized carbons (Fsp3) is 0.538. The first-order valence-electron chi connectivity index (χ1n) is 6.84. The predicted molar refractivity (Wildman–Crippen MR) is 74.3 cm³/mol. The first-order valence-corrected chi connectivity index (χ1v) is 7.72. The van der Waals surface area contributed by atoms with Crippen LogP contribution >= 0.6 is 11.3 Å². The second-order valence-electron chi connectivity index (χ2n) is 5.37. The fourth-order valence-corrected chi connectivity index (χ4v) is 3.79. The van der Waals surface area contributed by atoms with Crippen LogP contribution in [0.5, 0.6) is 0 Å². The van der Waals surface area contributed by atoms with Gasteiger partial charge in [0.2, 0.25) is 5.91 Å². The van der Waals surface area contributed by atoms with E-state index in [0.29, 0.717) is 0 Å². The van der Waals surface area contributed by atoms with Crippen LogP contribution in [0.15, 0.2) is 5.38 Å². The summed E-state index contributed by atoms with van der Waals surface area (Å²) in [4.78, 5) is 18.9. The number of thiazole rings is 1. The fourth-order valence-electron chi connectivity index (χ4n) is 3.20. The molecule has 0 radical (unpaired) electrons. The number of hydrogen-bond donors (Lipinski definition) is 0. The van der Waals surface area contributed by atoms with Gasteiger partial charge in [-0.3, -0.25) is 9.36 Å². The molecule has 104 valence electrons. The van der Waals surface area contributed by atoms with Crippen LogP contribution in [-0.4, -0.2) is 37.1 Å². The van der Waals surface area contributed by atoms with E-state index in [0.717, 1.165) is 41.7 Å². The van der Waals surface area contributed by atoms with Gasteiger partial charge >= 0.3 is 0 Å². The highest BCUT2D eigenvalue weighted by atomic mass is 32.1. The Kier molecular flexibility index (Phi) is 2.47. The molecule has 1 fully saturated rings. The zero-order valence-electron chi connectivity index (χ0n) is 11.4. The molecular formula is C13H15N5OS. The average Bonchev–Trinajstić information content (AvgIpc) is 3.12. The Hall–Kier alpha value is -1.76. The van der Waals surface area contributed by atoms with E-state index in [-0.39, 0.29) is 18.0 Å². The van der Waals surface area contributed by atoms with Crippen LogP contribution < -0.4 is 0 Å². The van der Waals surface area contributed by atoms with Crippen molar-refractivity contribution in [1.82, 2.24) is 24.6 Å². The van der Waals surface area contributed by atoms with Crippen molar-refractivity contribution in [2.75, 3.05) is 6.54 Å². The van der Waals surface area contributed by atoms with E-state index >= 15 is 0 Å². The number of nitrogens with zero attached hydrogens (tertiary/aromatic N) is 5. The molecule has 0 aromatic carbocycles. The standard InChI is InChI=1S/C13H15N5OS/c1-7-13(19)17-5-3-4-10(17)12-16-15-11(18(7)12)9-6-20-8(2)14-9/h6-7,10H,3-5H2,1-2H3/t7-,10-/m0/s1. The Labute approximate surface area is 120 Å². The number of aromatic nitrogens is 4. The molecule has 0 unspecified atom stereocenters. The minimum absolute atomic E-state index is 0.0969. The Balaban J connectivity index is 1.88. The maximum Gasteiger partial charge on any atom is 0.246 e. The number of carbonyl (C=O) groups is 1. The topological polar surface area (TPSA) is 63.9 Å². The summed E-state index contributed by atoms with van der Waals surface area (Å²) in [6.45, 7) is 4.73. The summed E-state index contributed by atoms with van der Waals surface area (Å²) in [7, 11) is 0. The van der Waals surface area contributed by atoms with Crippen molar-refractivity contribution in [3.8, 4) is 11.5 Å². The molecule has 20 heavy (non-hydrogen) atoms. The third-order valence-electron chi connectivity index (χ3n) is 4.15. The number of aryl methyl sites for hydroxylation is 1. The Morgan fingerprint density at radius 2 is 2.25 bits per heavy atom. The molecule has 0 N–H and O–H groups in total. The number of rotatable bonds is 1. The molecule has 0 saturated carbocycles. The van der Waals surface area contributed by atoms with E-state index in [4.69, 9.17) is 0 Å². The van der Waals surface area contributed by atoms with E-state index in [2.05, 4.69) is 15.2 Å². The molecule has 1 saturated heterocycles. The molecule has 4 rings (SSSR count). The van der Waals surface area contributed by atoms with Crippen molar-refractivity contribution < 1.29 is 4.79 Å². The quantitative estimate of drug-likeness (QED) is 0.805. The van der Waals surface area contributed by atoms with Crippen LogP contribution in [-0.2, 0) is 4.79 Å². The molecular weight excluding hydrogens is 274 g/mol. The second kappa shape index (κ2) is 4.12. The molecule has 7 heteroatoms. The number of amides is 1. The van der Waals surface area contributed by atoms with Gasteiger partial charge < -0.3 is 4.90 Å². The van der Waals surface area contributed by atoms with E-state index in [1.54, 1.807) is 11.3 Å². The van der Waals surface area contributed by atoms with Gasteiger partial charge in [-0.15, -0.1) is 21.5 Å². The molecule has 0 aliphatic carbocycles. The third kappa shape index (κ3) is 1.49. The molecule has 4 heterocycles. The maximum absolute atomic E-state index is 12.5. The number of hydrogen-bond acceptors (Lipinski definition) is 5. The van der Waals surface area contributed by atoms with E-state index in [1.807, 2.05) is 28.7 Å². The van der Waals surface area contributed by atoms with Crippen LogP contribution in [0.4, 0.5) is 0 Å². The first-order chi connectivity index (χ1) is 9.66. The van der Waals surface area contributed by atoms with Crippen molar-refractivity contribution in [2.45, 2.75) is 38.8 Å². The molecule has 6 nitrogen and oxygen atoms in total. The molecule has 1 amide bonds. The predicted octanol–water partition coefficient (Wildman–Crippen LogP) is 1.95. The summed E-state index contributed by atoms with van der Waals surface area (Å²) < 4.78 is 1.98. The molecule has 2 atom stereocenters. The average molecular weight is 289 g/mol. The van der Waals surface area contributed by atoms with Crippen molar-refractivity contribution in [2.24, 2.45) is 0 Å². The smallest absolute Gasteiger partial charge is 0.246 e. The van der Waals surface area contributed by atoms with E-state index < -0.39 is 0 Å². The Morgan fingerprint density at radius 3 is 3.00 bits per heavy atom.